The van der Waals surface area contributed by atoms with Crippen molar-refractivity contribution in [2.45, 2.75) is 18.8 Å². The maximum Gasteiger partial charge on any atom is 0.0541 e. The van der Waals surface area contributed by atoms with Gasteiger partial charge in [-0.15, -0.1) is 11.3 Å². The Kier molecular flexibility index (Phi) is 6.99. The van der Waals surface area contributed by atoms with Crippen LogP contribution in [0, 0.1) is 0 Å². The molecule has 2 aromatic heterocycles. The zero-order valence-electron chi connectivity index (χ0n) is 29.2. The van der Waals surface area contributed by atoms with Gasteiger partial charge in [0.15, 0.2) is 0 Å². The summed E-state index contributed by atoms with van der Waals surface area (Å²) >= 11 is 1.92. The fourth-order valence-electron chi connectivity index (χ4n) is 8.97. The highest BCUT2D eigenvalue weighted by Crippen LogP contribution is 2.47. The second kappa shape index (κ2) is 12.2. The van der Waals surface area contributed by atoms with E-state index in [1.165, 1.54) is 97.7 Å². The fraction of sp³-hybridized carbons (Fsp3) is 0.0588. The highest BCUT2D eigenvalue weighted by molar-refractivity contribution is 7.26. The molecule has 0 radical (unpaired) electrons. The Morgan fingerprint density at radius 1 is 0.453 bits per heavy atom. The molecule has 250 valence electrons. The van der Waals surface area contributed by atoms with Crippen LogP contribution in [-0.2, 0) is 6.42 Å². The summed E-state index contributed by atoms with van der Waals surface area (Å²) in [7, 11) is 0. The number of aryl methyl sites for hydroxylation is 1. The molecule has 11 rings (SSSR count). The molecule has 1 aliphatic carbocycles. The van der Waals surface area contributed by atoms with Crippen molar-refractivity contribution >= 4 is 53.3 Å². The van der Waals surface area contributed by atoms with E-state index in [0.29, 0.717) is 0 Å². The number of hydrogen-bond donors (Lipinski definition) is 0. The number of rotatable bonds is 4. The van der Waals surface area contributed by atoms with Crippen molar-refractivity contribution in [2.24, 2.45) is 0 Å². The molecule has 0 saturated carbocycles. The van der Waals surface area contributed by atoms with Gasteiger partial charge in [0.1, 0.15) is 0 Å². The average molecular weight is 694 g/mol. The molecule has 1 unspecified atom stereocenters. The van der Waals surface area contributed by atoms with Gasteiger partial charge in [-0.3, -0.25) is 0 Å². The number of thiophene rings is 1. The third-order valence-electron chi connectivity index (χ3n) is 11.4. The molecule has 0 aliphatic heterocycles. The van der Waals surface area contributed by atoms with Gasteiger partial charge >= 0.3 is 0 Å². The van der Waals surface area contributed by atoms with E-state index in [4.69, 9.17) is 0 Å². The number of fused-ring (bicyclic) bond motifs is 9. The minimum absolute atomic E-state index is 0.267. The van der Waals surface area contributed by atoms with Gasteiger partial charge in [0.25, 0.3) is 0 Å². The summed E-state index contributed by atoms with van der Waals surface area (Å²) in [4.78, 5) is 0. The maximum absolute atomic E-state index is 2.51. The summed E-state index contributed by atoms with van der Waals surface area (Å²) in [5.74, 6) is 0.267. The van der Waals surface area contributed by atoms with E-state index in [0.717, 1.165) is 12.8 Å². The first-order valence-electron chi connectivity index (χ1n) is 18.6. The molecule has 2 heterocycles. The van der Waals surface area contributed by atoms with E-state index in [9.17, 15) is 0 Å². The van der Waals surface area contributed by atoms with E-state index in [-0.39, 0.29) is 5.92 Å². The lowest BCUT2D eigenvalue weighted by Gasteiger charge is -2.21. The van der Waals surface area contributed by atoms with Crippen LogP contribution in [0.3, 0.4) is 0 Å². The Hall–Kier alpha value is -6.22. The molecule has 10 aromatic rings. The molecule has 1 atom stereocenters. The number of benzene rings is 8. The molecule has 0 spiro atoms. The Bertz CT molecular complexity index is 3000. The molecular weight excluding hydrogens is 659 g/mol. The van der Waals surface area contributed by atoms with E-state index in [1.807, 2.05) is 11.3 Å². The number of nitrogens with zero attached hydrogens (tertiary/aromatic N) is 1. The standard InChI is InChI=1S/C51H35NS/c1-3-13-33(14-4-1)44-31-37(32-47-43-20-10-12-22-50(43)53-51(44)47)40-26-23-34-15-7-8-18-39(34)45-29-35(24-27-41(40)45)36-25-28-49-46(30-36)42-19-9-11-21-48(42)52(49)38-16-5-2-6-17-38/h1-22,24-25,27-32,40H,23,26H2. The van der Waals surface area contributed by atoms with Crippen LogP contribution >= 0.6 is 11.3 Å². The van der Waals surface area contributed by atoms with Crippen LogP contribution in [0.15, 0.2) is 182 Å². The Morgan fingerprint density at radius 2 is 1.15 bits per heavy atom. The summed E-state index contributed by atoms with van der Waals surface area (Å²) in [5, 5.41) is 5.27. The van der Waals surface area contributed by atoms with Crippen LogP contribution in [0.5, 0.6) is 0 Å². The van der Waals surface area contributed by atoms with E-state index >= 15 is 0 Å². The van der Waals surface area contributed by atoms with Gasteiger partial charge in [0, 0.05) is 42.6 Å². The van der Waals surface area contributed by atoms with Crippen molar-refractivity contribution in [3.05, 3.63) is 199 Å². The lowest BCUT2D eigenvalue weighted by molar-refractivity contribution is 0.727. The quantitative estimate of drug-likeness (QED) is 0.173. The Balaban J connectivity index is 1.10. The number of hydrogen-bond acceptors (Lipinski definition) is 1. The summed E-state index contributed by atoms with van der Waals surface area (Å²) in [6.45, 7) is 0. The van der Waals surface area contributed by atoms with Gasteiger partial charge < -0.3 is 4.57 Å². The third kappa shape index (κ3) is 4.90. The zero-order valence-corrected chi connectivity index (χ0v) is 30.0. The van der Waals surface area contributed by atoms with Gasteiger partial charge in [-0.05, 0) is 118 Å². The molecule has 8 aromatic carbocycles. The van der Waals surface area contributed by atoms with Crippen molar-refractivity contribution in [2.75, 3.05) is 0 Å². The lowest BCUT2D eigenvalue weighted by atomic mass is 9.83. The molecular formula is C51H35NS. The van der Waals surface area contributed by atoms with Crippen molar-refractivity contribution in [3.8, 4) is 39.1 Å². The molecule has 0 bridgehead atoms. The van der Waals surface area contributed by atoms with E-state index < -0.39 is 0 Å². The van der Waals surface area contributed by atoms with Gasteiger partial charge in [-0.2, -0.15) is 0 Å². The monoisotopic (exact) mass is 693 g/mol. The third-order valence-corrected chi connectivity index (χ3v) is 12.7. The first kappa shape index (κ1) is 30.4. The molecule has 53 heavy (non-hydrogen) atoms. The van der Waals surface area contributed by atoms with Crippen LogP contribution in [-0.4, -0.2) is 4.57 Å². The van der Waals surface area contributed by atoms with Crippen LogP contribution < -0.4 is 0 Å². The molecule has 0 saturated heterocycles. The van der Waals surface area contributed by atoms with Gasteiger partial charge in [-0.1, -0.05) is 127 Å². The SMILES string of the molecule is c1ccc(-c2cc(C3CCc4ccccc4-c4cc(-c5ccc6c(c5)c5ccccc5n6-c5ccccc5)ccc43)cc3c2sc2ccccc23)cc1. The topological polar surface area (TPSA) is 4.93 Å². The molecule has 0 N–H and O–H groups in total. The Labute approximate surface area is 313 Å². The van der Waals surface area contributed by atoms with E-state index in [1.54, 1.807) is 0 Å². The van der Waals surface area contributed by atoms with E-state index in [2.05, 4.69) is 187 Å². The molecule has 1 aliphatic rings. The minimum atomic E-state index is 0.267. The molecule has 1 nitrogen and oxygen atoms in total. The number of para-hydroxylation sites is 2. The zero-order chi connectivity index (χ0) is 34.9. The van der Waals surface area contributed by atoms with Crippen molar-refractivity contribution < 1.29 is 0 Å². The summed E-state index contributed by atoms with van der Waals surface area (Å²) in [6.07, 6.45) is 2.11. The van der Waals surface area contributed by atoms with Crippen molar-refractivity contribution in [1.82, 2.24) is 4.57 Å². The highest BCUT2D eigenvalue weighted by atomic mass is 32.1. The van der Waals surface area contributed by atoms with Crippen molar-refractivity contribution in [3.63, 3.8) is 0 Å². The first-order valence-corrected chi connectivity index (χ1v) is 19.4. The molecule has 0 amide bonds. The van der Waals surface area contributed by atoms with Crippen LogP contribution in [0.25, 0.3) is 81.0 Å². The van der Waals surface area contributed by atoms with Gasteiger partial charge in [0.05, 0.1) is 11.0 Å². The molecule has 2 heteroatoms. The van der Waals surface area contributed by atoms with Crippen LogP contribution in [0.1, 0.15) is 29.0 Å². The summed E-state index contributed by atoms with van der Waals surface area (Å²) < 4.78 is 5.11. The second-order valence-electron chi connectivity index (χ2n) is 14.4. The predicted octanol–water partition coefficient (Wildman–Crippen LogP) is 14.2. The lowest BCUT2D eigenvalue weighted by Crippen LogP contribution is -2.03. The van der Waals surface area contributed by atoms with Crippen molar-refractivity contribution in [1.29, 1.82) is 0 Å². The van der Waals surface area contributed by atoms with Crippen LogP contribution in [0.2, 0.25) is 0 Å². The fourth-order valence-corrected chi connectivity index (χ4v) is 10.2. The number of aromatic nitrogens is 1. The summed E-state index contributed by atoms with van der Waals surface area (Å²) in [6, 6.07) is 67.8. The Morgan fingerprint density at radius 3 is 2.04 bits per heavy atom. The summed E-state index contributed by atoms with van der Waals surface area (Å²) in [5.41, 5.74) is 15.7. The van der Waals surface area contributed by atoms with Gasteiger partial charge in [-0.25, -0.2) is 0 Å². The molecule has 0 fully saturated rings. The highest BCUT2D eigenvalue weighted by Gasteiger charge is 2.26. The largest absolute Gasteiger partial charge is 0.309 e. The van der Waals surface area contributed by atoms with Crippen LogP contribution in [0.4, 0.5) is 0 Å². The minimum Gasteiger partial charge on any atom is -0.309 e. The average Bonchev–Trinajstić information content (AvgIpc) is 3.71. The van der Waals surface area contributed by atoms with Gasteiger partial charge in [0.2, 0.25) is 0 Å². The predicted molar refractivity (Wildman–Crippen MR) is 227 cm³/mol. The second-order valence-corrected chi connectivity index (χ2v) is 15.4. The maximum atomic E-state index is 2.51. The smallest absolute Gasteiger partial charge is 0.0541 e. The normalized spacial score (nSPS) is 14.1. The first-order chi connectivity index (χ1) is 26.3.